The first-order valence-corrected chi connectivity index (χ1v) is 23.8. The number of nitrogens with one attached hydrogen (secondary N) is 2. The Morgan fingerprint density at radius 2 is 1.66 bits per heavy atom. The van der Waals surface area contributed by atoms with Gasteiger partial charge in [-0.05, 0) is 129 Å². The molecule has 65 heavy (non-hydrogen) atoms. The van der Waals surface area contributed by atoms with Crippen molar-refractivity contribution in [2.24, 2.45) is 5.92 Å². The quantitative estimate of drug-likeness (QED) is 0.111. The summed E-state index contributed by atoms with van der Waals surface area (Å²) in [5, 5.41) is 9.58. The van der Waals surface area contributed by atoms with Gasteiger partial charge in [0.1, 0.15) is 22.6 Å². The van der Waals surface area contributed by atoms with Crippen LogP contribution in [-0.2, 0) is 26.7 Å². The van der Waals surface area contributed by atoms with E-state index in [0.717, 1.165) is 29.3 Å². The van der Waals surface area contributed by atoms with Crippen LogP contribution in [0.5, 0.6) is 0 Å². The summed E-state index contributed by atoms with van der Waals surface area (Å²) in [6.45, 7) is 6.89. The SMILES string of the molecule is Cc1cc(-n2nc3c(c2-n2ccn(-c4ccc(NS(=O)(=O)C5CC5)cc4)c2=O)[C@H](Cl)N(C(=O)c2cc4cc(C5CCOCC5)ccc4n2[C@@]2(c4noc(=O)[nH]4)C[C@@H]2C)CC3)cc(C)c1F. The van der Waals surface area contributed by atoms with Gasteiger partial charge in [0.2, 0.25) is 10.0 Å². The van der Waals surface area contributed by atoms with Crippen molar-refractivity contribution < 1.29 is 26.9 Å². The normalized spacial score (nSPS) is 21.2. The molecule has 2 aliphatic carbocycles. The zero-order chi connectivity index (χ0) is 45.1. The van der Waals surface area contributed by atoms with E-state index in [1.165, 1.54) is 9.13 Å². The minimum Gasteiger partial charge on any atom is -0.381 e. The number of sulfonamides is 1. The van der Waals surface area contributed by atoms with E-state index >= 15 is 9.18 Å². The molecule has 3 fully saturated rings. The van der Waals surface area contributed by atoms with Crippen molar-refractivity contribution in [1.82, 2.24) is 38.5 Å². The van der Waals surface area contributed by atoms with Crippen LogP contribution in [-0.4, -0.2) is 77.9 Å². The summed E-state index contributed by atoms with van der Waals surface area (Å²) in [5.74, 6) is -0.552. The summed E-state index contributed by atoms with van der Waals surface area (Å²) < 4.78 is 59.9. The molecule has 4 aromatic heterocycles. The van der Waals surface area contributed by atoms with Gasteiger partial charge in [0, 0.05) is 55.2 Å². The van der Waals surface area contributed by atoms with Crippen LogP contribution < -0.4 is 16.2 Å². The van der Waals surface area contributed by atoms with Crippen molar-refractivity contribution in [2.75, 3.05) is 24.5 Å². The van der Waals surface area contributed by atoms with Gasteiger partial charge in [-0.1, -0.05) is 29.7 Å². The Morgan fingerprint density at radius 3 is 2.32 bits per heavy atom. The Morgan fingerprint density at radius 1 is 0.954 bits per heavy atom. The van der Waals surface area contributed by atoms with Crippen molar-refractivity contribution in [1.29, 1.82) is 0 Å². The number of rotatable bonds is 10. The van der Waals surface area contributed by atoms with Crippen LogP contribution in [0.2, 0.25) is 0 Å². The Balaban J connectivity index is 1.02. The Kier molecular flexibility index (Phi) is 9.68. The highest BCUT2D eigenvalue weighted by Crippen LogP contribution is 2.56. The molecule has 16 nitrogen and oxygen atoms in total. The summed E-state index contributed by atoms with van der Waals surface area (Å²) in [6.07, 6.45) is 7.06. The second kappa shape index (κ2) is 15.2. The molecular formula is C46H45ClFN9O7S. The highest BCUT2D eigenvalue weighted by Gasteiger charge is 2.59. The number of aromatic nitrogens is 7. The number of benzene rings is 3. The third-order valence-electron chi connectivity index (χ3n) is 13.6. The number of hydrogen-bond acceptors (Lipinski definition) is 9. The lowest BCUT2D eigenvalue weighted by Crippen LogP contribution is -2.40. The van der Waals surface area contributed by atoms with Gasteiger partial charge in [-0.2, -0.15) is 5.10 Å². The van der Waals surface area contributed by atoms with E-state index in [-0.39, 0.29) is 36.4 Å². The first kappa shape index (κ1) is 41.5. The van der Waals surface area contributed by atoms with E-state index in [1.807, 2.05) is 23.6 Å². The number of halogens is 2. The molecule has 1 amide bonds. The summed E-state index contributed by atoms with van der Waals surface area (Å²) in [4.78, 5) is 46.7. The van der Waals surface area contributed by atoms with Crippen LogP contribution in [0.1, 0.15) is 94.7 Å². The summed E-state index contributed by atoms with van der Waals surface area (Å²) >= 11 is 7.55. The first-order chi connectivity index (χ1) is 31.2. The lowest BCUT2D eigenvalue weighted by atomic mass is 9.91. The lowest BCUT2D eigenvalue weighted by molar-refractivity contribution is 0.0709. The molecule has 3 atom stereocenters. The van der Waals surface area contributed by atoms with Crippen molar-refractivity contribution >= 4 is 44.1 Å². The average molecular weight is 922 g/mol. The number of fused-ring (bicyclic) bond motifs is 2. The van der Waals surface area contributed by atoms with Crippen LogP contribution in [0.4, 0.5) is 10.1 Å². The van der Waals surface area contributed by atoms with Gasteiger partial charge in [0.25, 0.3) is 5.91 Å². The van der Waals surface area contributed by atoms with Crippen LogP contribution in [0, 0.1) is 25.6 Å². The molecule has 0 bridgehead atoms. The number of H-pyrrole nitrogens is 1. The van der Waals surface area contributed by atoms with Crippen molar-refractivity contribution in [3.8, 4) is 17.2 Å². The fourth-order valence-corrected chi connectivity index (χ4v) is 11.7. The number of hydrogen-bond donors (Lipinski definition) is 2. The predicted octanol–water partition coefficient (Wildman–Crippen LogP) is 6.72. The number of anilines is 1. The number of carbonyl (C=O) groups is 1. The van der Waals surface area contributed by atoms with Crippen LogP contribution >= 0.6 is 11.6 Å². The maximum atomic E-state index is 15.4. The number of carbonyl (C=O) groups excluding carboxylic acids is 1. The van der Waals surface area contributed by atoms with Crippen molar-refractivity contribution in [3.05, 3.63) is 139 Å². The molecular weight excluding hydrogens is 877 g/mol. The van der Waals surface area contributed by atoms with Gasteiger partial charge in [-0.3, -0.25) is 28.2 Å². The maximum absolute atomic E-state index is 15.4. The smallest absolute Gasteiger partial charge is 0.381 e. The monoisotopic (exact) mass is 921 g/mol. The number of aromatic amines is 1. The molecule has 2 saturated carbocycles. The number of aryl methyl sites for hydroxylation is 2. The molecule has 1 saturated heterocycles. The zero-order valence-electron chi connectivity index (χ0n) is 35.8. The predicted molar refractivity (Wildman–Crippen MR) is 240 cm³/mol. The Labute approximate surface area is 376 Å². The molecule has 3 aromatic carbocycles. The van der Waals surface area contributed by atoms with Gasteiger partial charge in [-0.15, -0.1) is 0 Å². The standard InChI is InChI=1S/C46H45ClFN9O7S/c1-25-20-33(21-26(2)39(25)48)57-41(55-17-16-53(45(55)60)32-7-5-31(6-8-32)52-65(61,62)34-9-10-34)38-35(50-57)12-15-54(40(38)47)42(58)37-23-30-22-29(28-13-18-63-19-14-28)4-11-36(30)56(37)46(24-27(46)3)43-49-44(59)64-51-43/h4-8,11,16-17,20-23,27-28,34,40,52H,9-10,12-15,18-19,24H2,1-3H3,(H,49,51,59)/t27-,40+,46-/m0/s1. The number of imidazole rings is 1. The minimum atomic E-state index is -3.49. The second-order valence-electron chi connectivity index (χ2n) is 17.8. The number of nitrogens with zero attached hydrogens (tertiary/aromatic N) is 7. The maximum Gasteiger partial charge on any atom is 0.438 e. The molecule has 19 heteroatoms. The Bertz CT molecular complexity index is 3280. The van der Waals surface area contributed by atoms with Gasteiger partial charge in [-0.25, -0.2) is 27.1 Å². The largest absolute Gasteiger partial charge is 0.438 e. The molecule has 4 aliphatic rings. The van der Waals surface area contributed by atoms with E-state index in [9.17, 15) is 18.0 Å². The van der Waals surface area contributed by atoms with Crippen LogP contribution in [0.15, 0.2) is 87.2 Å². The van der Waals surface area contributed by atoms with Gasteiger partial charge in [0.05, 0.1) is 27.9 Å². The third kappa shape index (κ3) is 6.78. The Hall–Kier alpha value is -6.24. The highest BCUT2D eigenvalue weighted by atomic mass is 35.5. The van der Waals surface area contributed by atoms with E-state index < -0.39 is 37.8 Å². The van der Waals surface area contributed by atoms with E-state index in [2.05, 4.69) is 27.0 Å². The van der Waals surface area contributed by atoms with E-state index in [4.69, 9.17) is 26.0 Å². The topological polar surface area (TPSA) is 184 Å². The molecule has 2 aliphatic heterocycles. The fraction of sp³-hybridized carbons (Fsp3) is 0.370. The molecule has 6 heterocycles. The second-order valence-corrected chi connectivity index (χ2v) is 20.2. The molecule has 2 N–H and O–H groups in total. The molecule has 0 unspecified atom stereocenters. The van der Waals surface area contributed by atoms with Crippen LogP contribution in [0.25, 0.3) is 28.1 Å². The van der Waals surface area contributed by atoms with E-state index in [0.29, 0.717) is 89.4 Å². The lowest BCUT2D eigenvalue weighted by Gasteiger charge is -2.33. The summed E-state index contributed by atoms with van der Waals surface area (Å²) in [6, 6.07) is 17.9. The molecule has 0 spiro atoms. The zero-order valence-corrected chi connectivity index (χ0v) is 37.3. The number of ether oxygens (including phenoxy) is 1. The van der Waals surface area contributed by atoms with Crippen LogP contribution in [0.3, 0.4) is 0 Å². The van der Waals surface area contributed by atoms with Crippen molar-refractivity contribution in [2.45, 2.75) is 81.5 Å². The van der Waals surface area contributed by atoms with Gasteiger partial charge >= 0.3 is 11.4 Å². The van der Waals surface area contributed by atoms with E-state index in [1.54, 1.807) is 72.2 Å². The van der Waals surface area contributed by atoms with Crippen molar-refractivity contribution in [3.63, 3.8) is 0 Å². The average Bonchev–Trinajstić information content (AvgIpc) is 4.04. The fourth-order valence-electron chi connectivity index (χ4n) is 9.93. The summed E-state index contributed by atoms with van der Waals surface area (Å²) in [7, 11) is -3.49. The number of amides is 1. The summed E-state index contributed by atoms with van der Waals surface area (Å²) in [5.41, 5.74) is 2.87. The van der Waals surface area contributed by atoms with Gasteiger partial charge in [0.15, 0.2) is 11.6 Å². The highest BCUT2D eigenvalue weighted by molar-refractivity contribution is 7.93. The molecule has 7 aromatic rings. The molecule has 336 valence electrons. The third-order valence-corrected chi connectivity index (χ3v) is 16.0. The molecule has 0 radical (unpaired) electrons. The first-order valence-electron chi connectivity index (χ1n) is 21.8. The minimum absolute atomic E-state index is 0.0214. The number of alkyl halides is 1. The molecule has 11 rings (SSSR count). The van der Waals surface area contributed by atoms with Gasteiger partial charge < -0.3 is 14.2 Å².